The lowest BCUT2D eigenvalue weighted by atomic mass is 10.2. The summed E-state index contributed by atoms with van der Waals surface area (Å²) in [4.78, 5) is 4.17. The Morgan fingerprint density at radius 3 is 2.75 bits per heavy atom. The molecular weight excluding hydrogens is 224 g/mol. The highest BCUT2D eigenvalue weighted by Gasteiger charge is 2.15. The Kier molecular flexibility index (Phi) is 3.25. The van der Waals surface area contributed by atoms with Gasteiger partial charge in [0.15, 0.2) is 5.16 Å². The standard InChI is InChI=1S/C9H14N6S/c1-14-5-7(4-12-14)8(3-10)16-9-11-6-13-15(9)2/h4-6,8H,3,10H2,1-2H3. The van der Waals surface area contributed by atoms with Crippen LogP contribution in [0.2, 0.25) is 0 Å². The van der Waals surface area contributed by atoms with Crippen LogP contribution in [-0.4, -0.2) is 31.1 Å². The van der Waals surface area contributed by atoms with Gasteiger partial charge in [0.25, 0.3) is 0 Å². The van der Waals surface area contributed by atoms with E-state index in [1.54, 1.807) is 27.5 Å². The average Bonchev–Trinajstić information content (AvgIpc) is 2.85. The van der Waals surface area contributed by atoms with E-state index in [0.717, 1.165) is 10.7 Å². The van der Waals surface area contributed by atoms with E-state index in [0.29, 0.717) is 6.54 Å². The molecule has 0 aliphatic rings. The highest BCUT2D eigenvalue weighted by Crippen LogP contribution is 2.32. The van der Waals surface area contributed by atoms with Crippen LogP contribution >= 0.6 is 11.8 Å². The van der Waals surface area contributed by atoms with Gasteiger partial charge in [-0.1, -0.05) is 11.8 Å². The monoisotopic (exact) mass is 238 g/mol. The fourth-order valence-corrected chi connectivity index (χ4v) is 2.29. The third-order valence-electron chi connectivity index (χ3n) is 2.23. The lowest BCUT2D eigenvalue weighted by Gasteiger charge is -2.10. The molecule has 16 heavy (non-hydrogen) atoms. The van der Waals surface area contributed by atoms with E-state index in [2.05, 4.69) is 15.2 Å². The van der Waals surface area contributed by atoms with Gasteiger partial charge in [-0.05, 0) is 0 Å². The van der Waals surface area contributed by atoms with Crippen molar-refractivity contribution in [2.24, 2.45) is 19.8 Å². The second-order valence-electron chi connectivity index (χ2n) is 3.46. The molecule has 0 bridgehead atoms. The molecule has 2 N–H and O–H groups in total. The van der Waals surface area contributed by atoms with Crippen LogP contribution in [0.25, 0.3) is 0 Å². The summed E-state index contributed by atoms with van der Waals surface area (Å²) in [5.41, 5.74) is 6.87. The Labute approximate surface area is 97.8 Å². The second kappa shape index (κ2) is 4.67. The van der Waals surface area contributed by atoms with Crippen molar-refractivity contribution in [3.8, 4) is 0 Å². The molecule has 6 nitrogen and oxygen atoms in total. The molecule has 0 aliphatic carbocycles. The van der Waals surface area contributed by atoms with E-state index in [1.807, 2.05) is 26.5 Å². The summed E-state index contributed by atoms with van der Waals surface area (Å²) < 4.78 is 3.51. The van der Waals surface area contributed by atoms with Gasteiger partial charge in [0, 0.05) is 32.4 Å². The first-order valence-corrected chi connectivity index (χ1v) is 5.78. The lowest BCUT2D eigenvalue weighted by Crippen LogP contribution is -2.10. The maximum Gasteiger partial charge on any atom is 0.186 e. The minimum absolute atomic E-state index is 0.164. The normalized spacial score (nSPS) is 12.9. The molecular formula is C9H14N6S. The Morgan fingerprint density at radius 1 is 1.44 bits per heavy atom. The second-order valence-corrected chi connectivity index (χ2v) is 4.63. The Balaban J connectivity index is 2.15. The van der Waals surface area contributed by atoms with Crippen molar-refractivity contribution >= 4 is 11.8 Å². The third kappa shape index (κ3) is 2.25. The van der Waals surface area contributed by atoms with Crippen LogP contribution < -0.4 is 5.73 Å². The molecule has 0 fully saturated rings. The molecule has 2 heterocycles. The molecule has 2 aromatic rings. The molecule has 2 rings (SSSR count). The largest absolute Gasteiger partial charge is 0.329 e. The van der Waals surface area contributed by atoms with Crippen molar-refractivity contribution in [3.05, 3.63) is 24.3 Å². The zero-order valence-corrected chi connectivity index (χ0v) is 10.1. The average molecular weight is 238 g/mol. The summed E-state index contributed by atoms with van der Waals surface area (Å²) in [6.07, 6.45) is 5.35. The molecule has 0 aromatic carbocycles. The maximum atomic E-state index is 5.77. The molecule has 0 spiro atoms. The fourth-order valence-electron chi connectivity index (χ4n) is 1.38. The van der Waals surface area contributed by atoms with Gasteiger partial charge in [0.2, 0.25) is 0 Å². The zero-order valence-electron chi connectivity index (χ0n) is 9.24. The van der Waals surface area contributed by atoms with E-state index in [4.69, 9.17) is 5.73 Å². The summed E-state index contributed by atoms with van der Waals surface area (Å²) in [5.74, 6) is 0. The highest BCUT2D eigenvalue weighted by molar-refractivity contribution is 7.99. The van der Waals surface area contributed by atoms with Crippen LogP contribution in [0.15, 0.2) is 23.9 Å². The molecule has 1 atom stereocenters. The van der Waals surface area contributed by atoms with Gasteiger partial charge in [-0.2, -0.15) is 10.2 Å². The van der Waals surface area contributed by atoms with Gasteiger partial charge in [-0.3, -0.25) is 4.68 Å². The van der Waals surface area contributed by atoms with E-state index in [9.17, 15) is 0 Å². The van der Waals surface area contributed by atoms with Gasteiger partial charge in [-0.25, -0.2) is 9.67 Å². The summed E-state index contributed by atoms with van der Waals surface area (Å²) in [7, 11) is 3.76. The van der Waals surface area contributed by atoms with Gasteiger partial charge in [-0.15, -0.1) is 0 Å². The predicted molar refractivity (Wildman–Crippen MR) is 61.9 cm³/mol. The number of hydrogen-bond donors (Lipinski definition) is 1. The molecule has 0 saturated carbocycles. The van der Waals surface area contributed by atoms with Crippen molar-refractivity contribution in [2.45, 2.75) is 10.4 Å². The van der Waals surface area contributed by atoms with E-state index in [-0.39, 0.29) is 5.25 Å². The van der Waals surface area contributed by atoms with Gasteiger partial charge >= 0.3 is 0 Å². The van der Waals surface area contributed by atoms with Crippen molar-refractivity contribution in [1.29, 1.82) is 0 Å². The van der Waals surface area contributed by atoms with Crippen LogP contribution in [0.3, 0.4) is 0 Å². The van der Waals surface area contributed by atoms with E-state index in [1.165, 1.54) is 0 Å². The zero-order chi connectivity index (χ0) is 11.5. The molecule has 86 valence electrons. The Morgan fingerprint density at radius 2 is 2.25 bits per heavy atom. The van der Waals surface area contributed by atoms with Gasteiger partial charge in [0.1, 0.15) is 6.33 Å². The number of nitrogens with zero attached hydrogens (tertiary/aromatic N) is 5. The van der Waals surface area contributed by atoms with Crippen LogP contribution in [0.1, 0.15) is 10.8 Å². The topological polar surface area (TPSA) is 74.6 Å². The van der Waals surface area contributed by atoms with Gasteiger partial charge in [0.05, 0.1) is 11.4 Å². The lowest BCUT2D eigenvalue weighted by molar-refractivity contribution is 0.682. The molecule has 7 heteroatoms. The minimum atomic E-state index is 0.164. The third-order valence-corrected chi connectivity index (χ3v) is 3.56. The van der Waals surface area contributed by atoms with Crippen molar-refractivity contribution in [1.82, 2.24) is 24.5 Å². The minimum Gasteiger partial charge on any atom is -0.329 e. The number of rotatable bonds is 4. The first-order chi connectivity index (χ1) is 7.70. The van der Waals surface area contributed by atoms with Gasteiger partial charge < -0.3 is 5.73 Å². The summed E-state index contributed by atoms with van der Waals surface area (Å²) >= 11 is 1.60. The van der Waals surface area contributed by atoms with Crippen molar-refractivity contribution in [2.75, 3.05) is 6.54 Å². The summed E-state index contributed by atoms with van der Waals surface area (Å²) in [6.45, 7) is 0.545. The Hall–Kier alpha value is -1.34. The number of nitrogens with two attached hydrogens (primary N) is 1. The number of aryl methyl sites for hydroxylation is 2. The molecule has 0 aliphatic heterocycles. The molecule has 1 unspecified atom stereocenters. The number of thioether (sulfide) groups is 1. The van der Waals surface area contributed by atoms with Crippen LogP contribution in [-0.2, 0) is 14.1 Å². The molecule has 0 amide bonds. The number of hydrogen-bond acceptors (Lipinski definition) is 5. The maximum absolute atomic E-state index is 5.77. The van der Waals surface area contributed by atoms with Crippen molar-refractivity contribution < 1.29 is 0 Å². The molecule has 0 radical (unpaired) electrons. The van der Waals surface area contributed by atoms with Crippen LogP contribution in [0.5, 0.6) is 0 Å². The first kappa shape index (κ1) is 11.2. The molecule has 0 saturated heterocycles. The fraction of sp³-hybridized carbons (Fsp3) is 0.444. The molecule has 2 aromatic heterocycles. The summed E-state index contributed by atoms with van der Waals surface area (Å²) in [6, 6.07) is 0. The smallest absolute Gasteiger partial charge is 0.186 e. The van der Waals surface area contributed by atoms with E-state index >= 15 is 0 Å². The first-order valence-electron chi connectivity index (χ1n) is 4.90. The number of aromatic nitrogens is 5. The van der Waals surface area contributed by atoms with Crippen LogP contribution in [0.4, 0.5) is 0 Å². The van der Waals surface area contributed by atoms with E-state index < -0.39 is 0 Å². The predicted octanol–water partition coefficient (Wildman–Crippen LogP) is 0.341. The van der Waals surface area contributed by atoms with Crippen LogP contribution in [0, 0.1) is 0 Å². The van der Waals surface area contributed by atoms with Crippen molar-refractivity contribution in [3.63, 3.8) is 0 Å². The Bertz CT molecular complexity index is 462. The highest BCUT2D eigenvalue weighted by atomic mass is 32.2. The quantitative estimate of drug-likeness (QED) is 0.777. The SMILES string of the molecule is Cn1cc(C(CN)Sc2ncnn2C)cn1. The summed E-state index contributed by atoms with van der Waals surface area (Å²) in [5, 5.41) is 9.19.